The number of amidine groups is 1. The van der Waals surface area contributed by atoms with Crippen molar-refractivity contribution in [1.82, 2.24) is 4.90 Å². The predicted molar refractivity (Wildman–Crippen MR) is 51.9 cm³/mol. The van der Waals surface area contributed by atoms with Crippen molar-refractivity contribution in [3.8, 4) is 0 Å². The van der Waals surface area contributed by atoms with Crippen molar-refractivity contribution in [3.05, 3.63) is 35.9 Å². The molecular weight excluding hydrogens is 186 g/mol. The van der Waals surface area contributed by atoms with Crippen LogP contribution in [-0.4, -0.2) is 30.8 Å². The van der Waals surface area contributed by atoms with Crippen LogP contribution in [0.1, 0.15) is 5.56 Å². The maximum atomic E-state index is 12.0. The average Bonchev–Trinajstić information content (AvgIpc) is 2.17. The summed E-state index contributed by atoms with van der Waals surface area (Å²) in [5.74, 6) is 0.117. The van der Waals surface area contributed by atoms with E-state index >= 15 is 0 Å². The Morgan fingerprint density at radius 3 is 2.43 bits per heavy atom. The summed E-state index contributed by atoms with van der Waals surface area (Å²) in [6.07, 6.45) is -2.41. The van der Waals surface area contributed by atoms with E-state index < -0.39 is 13.0 Å². The fraction of sp³-hybridized carbons (Fsp3) is 0.300. The van der Waals surface area contributed by atoms with Crippen LogP contribution in [0.2, 0.25) is 0 Å². The number of hydrogen-bond acceptors (Lipinski definition) is 1. The lowest BCUT2D eigenvalue weighted by atomic mass is 10.2. The van der Waals surface area contributed by atoms with Crippen molar-refractivity contribution >= 4 is 5.84 Å². The number of halogens is 2. The van der Waals surface area contributed by atoms with Gasteiger partial charge in [-0.15, -0.1) is 0 Å². The van der Waals surface area contributed by atoms with Crippen LogP contribution in [-0.2, 0) is 0 Å². The molecule has 14 heavy (non-hydrogen) atoms. The van der Waals surface area contributed by atoms with Gasteiger partial charge in [-0.2, -0.15) is 0 Å². The molecule has 0 saturated carbocycles. The third-order valence-electron chi connectivity index (χ3n) is 1.84. The monoisotopic (exact) mass is 198 g/mol. The topological polar surface area (TPSA) is 27.1 Å². The molecule has 0 atom stereocenters. The van der Waals surface area contributed by atoms with E-state index in [0.717, 1.165) is 0 Å². The molecule has 0 aliphatic carbocycles. The fourth-order valence-corrected chi connectivity index (χ4v) is 1.11. The number of benzene rings is 1. The predicted octanol–water partition coefficient (Wildman–Crippen LogP) is 2.21. The molecule has 0 aliphatic heterocycles. The van der Waals surface area contributed by atoms with Crippen LogP contribution in [0.5, 0.6) is 0 Å². The molecule has 1 aromatic carbocycles. The third kappa shape index (κ3) is 2.80. The molecule has 0 amide bonds. The second-order valence-corrected chi connectivity index (χ2v) is 2.99. The van der Waals surface area contributed by atoms with E-state index in [-0.39, 0.29) is 5.84 Å². The van der Waals surface area contributed by atoms with Gasteiger partial charge >= 0.3 is 0 Å². The van der Waals surface area contributed by atoms with Crippen molar-refractivity contribution in [2.75, 3.05) is 13.6 Å². The minimum absolute atomic E-state index is 0.117. The van der Waals surface area contributed by atoms with Gasteiger partial charge in [0.15, 0.2) is 0 Å². The van der Waals surface area contributed by atoms with Crippen LogP contribution in [0.4, 0.5) is 8.78 Å². The quantitative estimate of drug-likeness (QED) is 0.585. The fourth-order valence-electron chi connectivity index (χ4n) is 1.11. The first kappa shape index (κ1) is 10.6. The molecule has 1 N–H and O–H groups in total. The van der Waals surface area contributed by atoms with Crippen molar-refractivity contribution in [2.24, 2.45) is 0 Å². The Morgan fingerprint density at radius 2 is 1.93 bits per heavy atom. The van der Waals surface area contributed by atoms with E-state index in [9.17, 15) is 8.78 Å². The first-order valence-electron chi connectivity index (χ1n) is 4.24. The standard InChI is InChI=1S/C10H12F2N2/c1-14(7-9(11)12)10(13)8-5-3-2-4-6-8/h2-6,9,13H,7H2,1H3. The lowest BCUT2D eigenvalue weighted by Gasteiger charge is -2.19. The molecule has 0 fully saturated rings. The van der Waals surface area contributed by atoms with Crippen LogP contribution in [0, 0.1) is 5.41 Å². The molecule has 1 aromatic rings. The van der Waals surface area contributed by atoms with Gasteiger partial charge in [0.25, 0.3) is 6.43 Å². The molecule has 0 unspecified atom stereocenters. The molecule has 0 saturated heterocycles. The Hall–Kier alpha value is -1.45. The SMILES string of the molecule is CN(CC(F)F)C(=N)c1ccccc1. The van der Waals surface area contributed by atoms with E-state index in [4.69, 9.17) is 5.41 Å². The van der Waals surface area contributed by atoms with E-state index in [1.165, 1.54) is 11.9 Å². The zero-order valence-corrected chi connectivity index (χ0v) is 7.87. The highest BCUT2D eigenvalue weighted by molar-refractivity contribution is 5.96. The summed E-state index contributed by atoms with van der Waals surface area (Å²) >= 11 is 0. The second kappa shape index (κ2) is 4.69. The molecule has 0 spiro atoms. The largest absolute Gasteiger partial charge is 0.354 e. The second-order valence-electron chi connectivity index (χ2n) is 2.99. The van der Waals surface area contributed by atoms with Crippen LogP contribution in [0.15, 0.2) is 30.3 Å². The van der Waals surface area contributed by atoms with Gasteiger partial charge in [-0.05, 0) is 0 Å². The first-order valence-corrected chi connectivity index (χ1v) is 4.24. The Kier molecular flexibility index (Phi) is 3.56. The molecule has 76 valence electrons. The number of hydrogen-bond donors (Lipinski definition) is 1. The van der Waals surface area contributed by atoms with Crippen LogP contribution in [0.3, 0.4) is 0 Å². The maximum absolute atomic E-state index is 12.0. The first-order chi connectivity index (χ1) is 6.61. The summed E-state index contributed by atoms with van der Waals surface area (Å²) in [6, 6.07) is 8.83. The van der Waals surface area contributed by atoms with Gasteiger partial charge in [0.05, 0.1) is 6.54 Å². The van der Waals surface area contributed by atoms with Gasteiger partial charge in [-0.25, -0.2) is 8.78 Å². The molecule has 0 radical (unpaired) electrons. The highest BCUT2D eigenvalue weighted by atomic mass is 19.3. The summed E-state index contributed by atoms with van der Waals surface area (Å²) in [6.45, 7) is -0.409. The van der Waals surface area contributed by atoms with Crippen molar-refractivity contribution in [3.63, 3.8) is 0 Å². The van der Waals surface area contributed by atoms with Gasteiger partial charge in [-0.1, -0.05) is 30.3 Å². The van der Waals surface area contributed by atoms with Gasteiger partial charge < -0.3 is 4.90 Å². The zero-order valence-electron chi connectivity index (χ0n) is 7.87. The van der Waals surface area contributed by atoms with E-state index in [1.54, 1.807) is 24.3 Å². The highest BCUT2D eigenvalue weighted by Crippen LogP contribution is 2.04. The Bertz CT molecular complexity index is 298. The van der Waals surface area contributed by atoms with E-state index in [2.05, 4.69) is 0 Å². The lowest BCUT2D eigenvalue weighted by Crippen LogP contribution is -2.31. The molecule has 0 bridgehead atoms. The van der Waals surface area contributed by atoms with Crippen LogP contribution in [0.25, 0.3) is 0 Å². The summed E-state index contributed by atoms with van der Waals surface area (Å²) in [4.78, 5) is 1.24. The number of alkyl halides is 2. The minimum atomic E-state index is -2.41. The summed E-state index contributed by atoms with van der Waals surface area (Å²) in [5, 5.41) is 7.62. The molecule has 4 heteroatoms. The van der Waals surface area contributed by atoms with Crippen LogP contribution < -0.4 is 0 Å². The molecule has 1 rings (SSSR count). The summed E-state index contributed by atoms with van der Waals surface area (Å²) in [5.41, 5.74) is 0.649. The number of nitrogens with zero attached hydrogens (tertiary/aromatic N) is 1. The third-order valence-corrected chi connectivity index (χ3v) is 1.84. The minimum Gasteiger partial charge on any atom is -0.354 e. The normalized spacial score (nSPS) is 10.3. The van der Waals surface area contributed by atoms with E-state index in [1.807, 2.05) is 6.07 Å². The Labute approximate surface area is 81.7 Å². The number of nitrogens with one attached hydrogen (secondary N) is 1. The van der Waals surface area contributed by atoms with Crippen molar-refractivity contribution in [1.29, 1.82) is 5.41 Å². The van der Waals surface area contributed by atoms with Gasteiger partial charge in [-0.3, -0.25) is 5.41 Å². The lowest BCUT2D eigenvalue weighted by molar-refractivity contribution is 0.123. The summed E-state index contributed by atoms with van der Waals surface area (Å²) in [7, 11) is 1.49. The van der Waals surface area contributed by atoms with E-state index in [0.29, 0.717) is 5.56 Å². The highest BCUT2D eigenvalue weighted by Gasteiger charge is 2.11. The molecular formula is C10H12F2N2. The smallest absolute Gasteiger partial charge is 0.255 e. The Balaban J connectivity index is 2.66. The summed E-state index contributed by atoms with van der Waals surface area (Å²) < 4.78 is 24.0. The van der Waals surface area contributed by atoms with Gasteiger partial charge in [0.1, 0.15) is 5.84 Å². The number of rotatable bonds is 3. The van der Waals surface area contributed by atoms with Crippen LogP contribution >= 0.6 is 0 Å². The molecule has 0 aliphatic rings. The average molecular weight is 198 g/mol. The molecule has 0 aromatic heterocycles. The van der Waals surface area contributed by atoms with Gasteiger partial charge in [0.2, 0.25) is 0 Å². The van der Waals surface area contributed by atoms with Crippen molar-refractivity contribution < 1.29 is 8.78 Å². The Morgan fingerprint density at radius 1 is 1.36 bits per heavy atom. The molecule has 2 nitrogen and oxygen atoms in total. The van der Waals surface area contributed by atoms with Crippen molar-refractivity contribution in [2.45, 2.75) is 6.43 Å². The molecule has 0 heterocycles. The maximum Gasteiger partial charge on any atom is 0.255 e. The van der Waals surface area contributed by atoms with Gasteiger partial charge in [0, 0.05) is 12.6 Å². The zero-order chi connectivity index (χ0) is 10.6.